The predicted molar refractivity (Wildman–Crippen MR) is 77.9 cm³/mol. The molecule has 0 atom stereocenters. The van der Waals surface area contributed by atoms with Crippen LogP contribution < -0.4 is 10.0 Å². The van der Waals surface area contributed by atoms with Crippen molar-refractivity contribution < 1.29 is 8.42 Å². The summed E-state index contributed by atoms with van der Waals surface area (Å²) < 4.78 is 27.7. The zero-order valence-electron chi connectivity index (χ0n) is 12.4. The molecule has 0 bridgehead atoms. The SMILES string of the molecule is CCNCc1n[nH]c(C)c1S(=O)(=O)NCC1(C)CCC1. The molecule has 0 radical (unpaired) electrons. The summed E-state index contributed by atoms with van der Waals surface area (Å²) in [6, 6.07) is 0. The molecule has 0 amide bonds. The largest absolute Gasteiger partial charge is 0.311 e. The lowest BCUT2D eigenvalue weighted by Crippen LogP contribution is -2.40. The maximum atomic E-state index is 12.5. The Morgan fingerprint density at radius 1 is 1.40 bits per heavy atom. The van der Waals surface area contributed by atoms with Gasteiger partial charge in [0.25, 0.3) is 0 Å². The monoisotopic (exact) mass is 300 g/mol. The van der Waals surface area contributed by atoms with Gasteiger partial charge in [0.05, 0.1) is 11.4 Å². The van der Waals surface area contributed by atoms with Gasteiger partial charge >= 0.3 is 0 Å². The molecule has 0 aliphatic heterocycles. The van der Waals surface area contributed by atoms with Crippen molar-refractivity contribution >= 4 is 10.0 Å². The number of sulfonamides is 1. The Bertz CT molecular complexity index is 561. The normalized spacial score (nSPS) is 17.9. The Labute approximate surface area is 120 Å². The molecule has 0 unspecified atom stereocenters. The lowest BCUT2D eigenvalue weighted by atomic mass is 9.71. The van der Waals surface area contributed by atoms with E-state index in [0.29, 0.717) is 29.4 Å². The third kappa shape index (κ3) is 3.21. The van der Waals surface area contributed by atoms with Crippen LogP contribution in [0.2, 0.25) is 0 Å². The number of aryl methyl sites for hydroxylation is 1. The van der Waals surface area contributed by atoms with E-state index >= 15 is 0 Å². The van der Waals surface area contributed by atoms with Crippen LogP contribution in [0, 0.1) is 12.3 Å². The second-order valence-electron chi connectivity index (χ2n) is 5.89. The summed E-state index contributed by atoms with van der Waals surface area (Å²) in [5, 5.41) is 9.97. The summed E-state index contributed by atoms with van der Waals surface area (Å²) in [6.07, 6.45) is 3.36. The maximum Gasteiger partial charge on any atom is 0.244 e. The van der Waals surface area contributed by atoms with Crippen molar-refractivity contribution in [2.45, 2.75) is 51.5 Å². The first-order chi connectivity index (χ1) is 9.38. The van der Waals surface area contributed by atoms with Crippen molar-refractivity contribution in [1.82, 2.24) is 20.2 Å². The van der Waals surface area contributed by atoms with Crippen molar-refractivity contribution in [3.63, 3.8) is 0 Å². The van der Waals surface area contributed by atoms with E-state index in [-0.39, 0.29) is 5.41 Å². The van der Waals surface area contributed by atoms with Gasteiger partial charge in [-0.3, -0.25) is 5.10 Å². The van der Waals surface area contributed by atoms with Gasteiger partial charge in [-0.2, -0.15) is 5.10 Å². The number of aromatic amines is 1. The second kappa shape index (κ2) is 5.83. The van der Waals surface area contributed by atoms with Crippen LogP contribution in [0.3, 0.4) is 0 Å². The Morgan fingerprint density at radius 2 is 2.10 bits per heavy atom. The lowest BCUT2D eigenvalue weighted by Gasteiger charge is -2.38. The molecule has 1 aliphatic carbocycles. The van der Waals surface area contributed by atoms with Gasteiger partial charge in [0.2, 0.25) is 10.0 Å². The molecule has 1 fully saturated rings. The van der Waals surface area contributed by atoms with Gasteiger partial charge in [-0.05, 0) is 31.7 Å². The van der Waals surface area contributed by atoms with Crippen LogP contribution in [0.15, 0.2) is 4.90 Å². The van der Waals surface area contributed by atoms with Gasteiger partial charge in [-0.15, -0.1) is 0 Å². The fraction of sp³-hybridized carbons (Fsp3) is 0.769. The van der Waals surface area contributed by atoms with Gasteiger partial charge in [0.1, 0.15) is 4.90 Å². The Hall–Kier alpha value is -0.920. The summed E-state index contributed by atoms with van der Waals surface area (Å²) >= 11 is 0. The Morgan fingerprint density at radius 3 is 2.65 bits per heavy atom. The minimum Gasteiger partial charge on any atom is -0.311 e. The van der Waals surface area contributed by atoms with Gasteiger partial charge in [0.15, 0.2) is 0 Å². The highest BCUT2D eigenvalue weighted by molar-refractivity contribution is 7.89. The highest BCUT2D eigenvalue weighted by Gasteiger charge is 2.34. The van der Waals surface area contributed by atoms with Gasteiger partial charge in [-0.1, -0.05) is 20.3 Å². The number of hydrogen-bond acceptors (Lipinski definition) is 4. The highest BCUT2D eigenvalue weighted by atomic mass is 32.2. The number of aromatic nitrogens is 2. The van der Waals surface area contributed by atoms with Crippen molar-refractivity contribution in [1.29, 1.82) is 0 Å². The van der Waals surface area contributed by atoms with E-state index in [2.05, 4.69) is 27.2 Å². The van der Waals surface area contributed by atoms with Crippen molar-refractivity contribution in [3.8, 4) is 0 Å². The standard InChI is InChI=1S/C13H24N4O2S/c1-4-14-8-11-12(10(2)16-17-11)20(18,19)15-9-13(3)6-5-7-13/h14-15H,4-9H2,1-3H3,(H,16,17). The van der Waals surface area contributed by atoms with Crippen molar-refractivity contribution in [3.05, 3.63) is 11.4 Å². The van der Waals surface area contributed by atoms with E-state index in [0.717, 1.165) is 19.4 Å². The molecular formula is C13H24N4O2S. The number of H-pyrrole nitrogens is 1. The summed E-state index contributed by atoms with van der Waals surface area (Å²) in [6.45, 7) is 7.57. The maximum absolute atomic E-state index is 12.5. The van der Waals surface area contributed by atoms with E-state index in [4.69, 9.17) is 0 Å². The second-order valence-corrected chi connectivity index (χ2v) is 7.60. The molecule has 20 heavy (non-hydrogen) atoms. The first kappa shape index (κ1) is 15.5. The highest BCUT2D eigenvalue weighted by Crippen LogP contribution is 2.39. The van der Waals surface area contributed by atoms with E-state index in [9.17, 15) is 8.42 Å². The first-order valence-electron chi connectivity index (χ1n) is 7.12. The van der Waals surface area contributed by atoms with Crippen LogP contribution in [-0.4, -0.2) is 31.7 Å². The molecule has 1 heterocycles. The van der Waals surface area contributed by atoms with E-state index in [1.165, 1.54) is 6.42 Å². The third-order valence-electron chi connectivity index (χ3n) is 4.02. The number of hydrogen-bond donors (Lipinski definition) is 3. The Kier molecular flexibility index (Phi) is 4.51. The van der Waals surface area contributed by atoms with E-state index < -0.39 is 10.0 Å². The fourth-order valence-electron chi connectivity index (χ4n) is 2.49. The summed E-state index contributed by atoms with van der Waals surface area (Å²) in [7, 11) is -3.50. The molecule has 0 aromatic carbocycles. The molecule has 1 aromatic heterocycles. The minimum atomic E-state index is -3.50. The topological polar surface area (TPSA) is 86.9 Å². The molecule has 0 spiro atoms. The Balaban J connectivity index is 2.13. The molecule has 1 aliphatic rings. The average Bonchev–Trinajstić information content (AvgIpc) is 2.73. The van der Waals surface area contributed by atoms with Crippen LogP contribution >= 0.6 is 0 Å². The quantitative estimate of drug-likeness (QED) is 0.708. The number of nitrogens with zero attached hydrogens (tertiary/aromatic N) is 1. The van der Waals surface area contributed by atoms with Crippen LogP contribution in [0.1, 0.15) is 44.5 Å². The average molecular weight is 300 g/mol. The lowest BCUT2D eigenvalue weighted by molar-refractivity contribution is 0.166. The van der Waals surface area contributed by atoms with E-state index in [1.807, 2.05) is 6.92 Å². The zero-order valence-corrected chi connectivity index (χ0v) is 13.2. The summed E-state index contributed by atoms with van der Waals surface area (Å²) in [5.41, 5.74) is 1.26. The van der Waals surface area contributed by atoms with Crippen LogP contribution in [-0.2, 0) is 16.6 Å². The number of rotatable bonds is 7. The number of nitrogens with one attached hydrogen (secondary N) is 3. The van der Waals surface area contributed by atoms with Crippen LogP contribution in [0.5, 0.6) is 0 Å². The molecule has 2 rings (SSSR count). The summed E-state index contributed by atoms with van der Waals surface area (Å²) in [4.78, 5) is 0.293. The molecule has 1 saturated carbocycles. The third-order valence-corrected chi connectivity index (χ3v) is 5.63. The van der Waals surface area contributed by atoms with Crippen molar-refractivity contribution in [2.75, 3.05) is 13.1 Å². The minimum absolute atomic E-state index is 0.118. The van der Waals surface area contributed by atoms with Gasteiger partial charge in [-0.25, -0.2) is 13.1 Å². The summed E-state index contributed by atoms with van der Waals surface area (Å²) in [5.74, 6) is 0. The van der Waals surface area contributed by atoms with Gasteiger partial charge < -0.3 is 5.32 Å². The molecular weight excluding hydrogens is 276 g/mol. The molecule has 7 heteroatoms. The molecule has 6 nitrogen and oxygen atoms in total. The van der Waals surface area contributed by atoms with Crippen LogP contribution in [0.4, 0.5) is 0 Å². The zero-order chi connectivity index (χ0) is 14.8. The van der Waals surface area contributed by atoms with Crippen molar-refractivity contribution in [2.24, 2.45) is 5.41 Å². The smallest absolute Gasteiger partial charge is 0.244 e. The molecule has 3 N–H and O–H groups in total. The molecule has 0 saturated heterocycles. The van der Waals surface area contributed by atoms with Crippen LogP contribution in [0.25, 0.3) is 0 Å². The predicted octanol–water partition coefficient (Wildman–Crippen LogP) is 1.30. The fourth-order valence-corrected chi connectivity index (χ4v) is 4.05. The molecule has 1 aromatic rings. The van der Waals surface area contributed by atoms with E-state index in [1.54, 1.807) is 6.92 Å². The molecule has 114 valence electrons. The first-order valence-corrected chi connectivity index (χ1v) is 8.60. The van der Waals surface area contributed by atoms with Gasteiger partial charge in [0, 0.05) is 13.1 Å².